The highest BCUT2D eigenvalue weighted by molar-refractivity contribution is 6.13. The molecule has 0 saturated carbocycles. The molecular formula is C16H11NO. The average Bonchev–Trinajstić information content (AvgIpc) is 2.72. The first-order valence-corrected chi connectivity index (χ1v) is 6.02. The summed E-state index contributed by atoms with van der Waals surface area (Å²) >= 11 is 0. The molecule has 2 heteroatoms. The van der Waals surface area contributed by atoms with Crippen LogP contribution in [-0.4, -0.2) is 4.40 Å². The number of para-hydroxylation sites is 2. The Morgan fingerprint density at radius 1 is 0.889 bits per heavy atom. The highest BCUT2D eigenvalue weighted by Crippen LogP contribution is 2.30. The SMILES string of the molecule is Cc1cn2c3ccccc3c3cccc(c1=O)c32. The summed E-state index contributed by atoms with van der Waals surface area (Å²) < 4.78 is 2.14. The fraction of sp³-hybridized carbons (Fsp3) is 0.0625. The normalized spacial score (nSPS) is 11.8. The van der Waals surface area contributed by atoms with Crippen molar-refractivity contribution in [3.8, 4) is 0 Å². The standard InChI is InChI=1S/C16H11NO/c1-10-9-17-14-8-3-2-5-11(14)12-6-4-7-13(15(12)17)16(10)18/h2-9H,1H3. The van der Waals surface area contributed by atoms with Crippen LogP contribution in [0.5, 0.6) is 0 Å². The zero-order valence-electron chi connectivity index (χ0n) is 9.97. The Morgan fingerprint density at radius 3 is 2.50 bits per heavy atom. The third kappa shape index (κ3) is 1.00. The number of hydrogen-bond donors (Lipinski definition) is 0. The van der Waals surface area contributed by atoms with E-state index in [0.717, 1.165) is 27.4 Å². The van der Waals surface area contributed by atoms with Gasteiger partial charge in [-0.1, -0.05) is 30.3 Å². The average molecular weight is 233 g/mol. The monoisotopic (exact) mass is 233 g/mol. The molecule has 0 radical (unpaired) electrons. The molecule has 2 heterocycles. The number of pyridine rings is 1. The van der Waals surface area contributed by atoms with E-state index < -0.39 is 0 Å². The molecule has 0 fully saturated rings. The molecular weight excluding hydrogens is 222 g/mol. The van der Waals surface area contributed by atoms with E-state index in [0.29, 0.717) is 0 Å². The van der Waals surface area contributed by atoms with Gasteiger partial charge in [-0.15, -0.1) is 0 Å². The first kappa shape index (κ1) is 9.66. The van der Waals surface area contributed by atoms with Crippen LogP contribution in [0.4, 0.5) is 0 Å². The van der Waals surface area contributed by atoms with Gasteiger partial charge in [-0.25, -0.2) is 0 Å². The first-order valence-electron chi connectivity index (χ1n) is 6.02. The van der Waals surface area contributed by atoms with Crippen LogP contribution in [0.3, 0.4) is 0 Å². The van der Waals surface area contributed by atoms with Gasteiger partial charge < -0.3 is 4.40 Å². The van der Waals surface area contributed by atoms with Crippen molar-refractivity contribution in [2.24, 2.45) is 0 Å². The van der Waals surface area contributed by atoms with Gasteiger partial charge >= 0.3 is 0 Å². The van der Waals surface area contributed by atoms with E-state index in [1.165, 1.54) is 5.39 Å². The van der Waals surface area contributed by atoms with E-state index in [4.69, 9.17) is 0 Å². The van der Waals surface area contributed by atoms with Gasteiger partial charge in [0.15, 0.2) is 5.43 Å². The molecule has 0 N–H and O–H groups in total. The van der Waals surface area contributed by atoms with E-state index in [1.54, 1.807) is 0 Å². The lowest BCUT2D eigenvalue weighted by Gasteiger charge is -2.02. The highest BCUT2D eigenvalue weighted by atomic mass is 16.1. The molecule has 2 aromatic heterocycles. The van der Waals surface area contributed by atoms with Crippen molar-refractivity contribution in [2.75, 3.05) is 0 Å². The summed E-state index contributed by atoms with van der Waals surface area (Å²) in [7, 11) is 0. The number of benzene rings is 2. The van der Waals surface area contributed by atoms with Crippen LogP contribution in [0, 0.1) is 6.92 Å². The molecule has 4 rings (SSSR count). The maximum Gasteiger partial charge on any atom is 0.192 e. The van der Waals surface area contributed by atoms with Crippen molar-refractivity contribution < 1.29 is 0 Å². The molecule has 0 amide bonds. The second kappa shape index (κ2) is 3.10. The Labute approximate surface area is 103 Å². The lowest BCUT2D eigenvalue weighted by atomic mass is 10.1. The summed E-state index contributed by atoms with van der Waals surface area (Å²) in [5.74, 6) is 0. The maximum absolute atomic E-state index is 12.2. The zero-order chi connectivity index (χ0) is 12.3. The van der Waals surface area contributed by atoms with Crippen LogP contribution >= 0.6 is 0 Å². The van der Waals surface area contributed by atoms with Crippen molar-refractivity contribution in [2.45, 2.75) is 6.92 Å². The van der Waals surface area contributed by atoms with Crippen molar-refractivity contribution in [1.29, 1.82) is 0 Å². The van der Waals surface area contributed by atoms with Crippen molar-refractivity contribution in [3.05, 3.63) is 64.4 Å². The van der Waals surface area contributed by atoms with Crippen molar-refractivity contribution >= 4 is 27.2 Å². The van der Waals surface area contributed by atoms with E-state index in [2.05, 4.69) is 22.6 Å². The molecule has 0 aliphatic heterocycles. The second-order valence-corrected chi connectivity index (χ2v) is 4.73. The Morgan fingerprint density at radius 2 is 1.61 bits per heavy atom. The minimum atomic E-state index is 0.135. The van der Waals surface area contributed by atoms with Gasteiger partial charge in [-0.05, 0) is 19.1 Å². The van der Waals surface area contributed by atoms with E-state index >= 15 is 0 Å². The van der Waals surface area contributed by atoms with E-state index in [-0.39, 0.29) is 5.43 Å². The van der Waals surface area contributed by atoms with Crippen molar-refractivity contribution in [1.82, 2.24) is 4.40 Å². The summed E-state index contributed by atoms with van der Waals surface area (Å²) in [4.78, 5) is 12.2. The smallest absolute Gasteiger partial charge is 0.192 e. The third-order valence-electron chi connectivity index (χ3n) is 3.66. The number of rotatable bonds is 0. The molecule has 2 aromatic carbocycles. The quantitative estimate of drug-likeness (QED) is 0.456. The fourth-order valence-electron chi connectivity index (χ4n) is 2.83. The summed E-state index contributed by atoms with van der Waals surface area (Å²) in [6, 6.07) is 14.2. The van der Waals surface area contributed by atoms with Gasteiger partial charge in [0.25, 0.3) is 0 Å². The first-order chi connectivity index (χ1) is 8.77. The molecule has 0 aliphatic rings. The number of hydrogen-bond acceptors (Lipinski definition) is 1. The number of nitrogens with zero attached hydrogens (tertiary/aromatic N) is 1. The Kier molecular flexibility index (Phi) is 1.67. The molecule has 4 aromatic rings. The fourth-order valence-corrected chi connectivity index (χ4v) is 2.83. The summed E-state index contributed by atoms with van der Waals surface area (Å²) in [6.45, 7) is 1.87. The number of fused-ring (bicyclic) bond motifs is 3. The third-order valence-corrected chi connectivity index (χ3v) is 3.66. The molecule has 0 saturated heterocycles. The van der Waals surface area contributed by atoms with E-state index in [1.807, 2.05) is 37.4 Å². The van der Waals surface area contributed by atoms with E-state index in [9.17, 15) is 4.79 Å². The predicted octanol–water partition coefficient (Wildman–Crippen LogP) is 3.35. The van der Waals surface area contributed by atoms with Gasteiger partial charge in [0.1, 0.15) is 0 Å². The van der Waals surface area contributed by atoms with Crippen LogP contribution in [-0.2, 0) is 0 Å². The Hall–Kier alpha value is -2.35. The van der Waals surface area contributed by atoms with Gasteiger partial charge in [0.2, 0.25) is 0 Å². The summed E-state index contributed by atoms with van der Waals surface area (Å²) in [6.07, 6.45) is 1.94. The summed E-state index contributed by atoms with van der Waals surface area (Å²) in [5.41, 5.74) is 3.12. The largest absolute Gasteiger partial charge is 0.315 e. The lowest BCUT2D eigenvalue weighted by molar-refractivity contribution is 1.21. The molecule has 0 aliphatic carbocycles. The van der Waals surface area contributed by atoms with Crippen LogP contribution in [0.2, 0.25) is 0 Å². The van der Waals surface area contributed by atoms with Crippen LogP contribution in [0.15, 0.2) is 53.5 Å². The van der Waals surface area contributed by atoms with Gasteiger partial charge in [0.05, 0.1) is 11.0 Å². The predicted molar refractivity (Wildman–Crippen MR) is 74.6 cm³/mol. The number of aromatic nitrogens is 1. The second-order valence-electron chi connectivity index (χ2n) is 4.73. The van der Waals surface area contributed by atoms with Crippen LogP contribution in [0.25, 0.3) is 27.2 Å². The minimum absolute atomic E-state index is 0.135. The minimum Gasteiger partial charge on any atom is -0.315 e. The van der Waals surface area contributed by atoms with Crippen LogP contribution in [0.1, 0.15) is 5.56 Å². The molecule has 86 valence electrons. The molecule has 0 atom stereocenters. The maximum atomic E-state index is 12.2. The molecule has 0 bridgehead atoms. The zero-order valence-corrected chi connectivity index (χ0v) is 9.97. The van der Waals surface area contributed by atoms with Gasteiger partial charge in [-0.2, -0.15) is 0 Å². The summed E-state index contributed by atoms with van der Waals surface area (Å²) in [5, 5.41) is 3.16. The van der Waals surface area contributed by atoms with Crippen LogP contribution < -0.4 is 5.43 Å². The lowest BCUT2D eigenvalue weighted by Crippen LogP contribution is -2.07. The van der Waals surface area contributed by atoms with Gasteiger partial charge in [-0.3, -0.25) is 4.79 Å². The van der Waals surface area contributed by atoms with Gasteiger partial charge in [0, 0.05) is 27.9 Å². The Bertz CT molecular complexity index is 950. The molecule has 0 spiro atoms. The topological polar surface area (TPSA) is 21.5 Å². The highest BCUT2D eigenvalue weighted by Gasteiger charge is 2.12. The number of aryl methyl sites for hydroxylation is 1. The van der Waals surface area contributed by atoms with Crippen molar-refractivity contribution in [3.63, 3.8) is 0 Å². The molecule has 0 unspecified atom stereocenters. The molecule has 2 nitrogen and oxygen atoms in total. The molecule has 18 heavy (non-hydrogen) atoms. The Balaban J connectivity index is 2.52.